The highest BCUT2D eigenvalue weighted by molar-refractivity contribution is 5.79. The van der Waals surface area contributed by atoms with Crippen molar-refractivity contribution < 1.29 is 14.4 Å². The number of hydrogen-bond acceptors (Lipinski definition) is 4. The number of hydrogen-bond donors (Lipinski definition) is 1. The van der Waals surface area contributed by atoms with Gasteiger partial charge in [0.1, 0.15) is 0 Å². The summed E-state index contributed by atoms with van der Waals surface area (Å²) in [5.41, 5.74) is 1.55. The van der Waals surface area contributed by atoms with Gasteiger partial charge in [-0.3, -0.25) is 4.79 Å². The predicted molar refractivity (Wildman–Crippen MR) is 68.2 cm³/mol. The van der Waals surface area contributed by atoms with Crippen LogP contribution >= 0.6 is 0 Å². The molecule has 0 bridgehead atoms. The van der Waals surface area contributed by atoms with Gasteiger partial charge in [-0.2, -0.15) is 0 Å². The molecule has 1 saturated heterocycles. The topological polar surface area (TPSA) is 66.6 Å². The van der Waals surface area contributed by atoms with Gasteiger partial charge < -0.3 is 14.5 Å². The van der Waals surface area contributed by atoms with Crippen molar-refractivity contribution >= 4 is 5.91 Å². The molecule has 98 valence electrons. The molecule has 0 unspecified atom stereocenters. The molecule has 1 amide bonds. The maximum Gasteiger partial charge on any atom is 0.228 e. The number of aliphatic hydroxyl groups excluding tert-OH is 1. The second-order valence-electron chi connectivity index (χ2n) is 4.68. The predicted octanol–water partition coefficient (Wildman–Crippen LogP) is 1.09. The van der Waals surface area contributed by atoms with Crippen LogP contribution in [0, 0.1) is 0 Å². The van der Waals surface area contributed by atoms with E-state index in [0.717, 1.165) is 5.56 Å². The Morgan fingerprint density at radius 1 is 1.37 bits per heavy atom. The summed E-state index contributed by atoms with van der Waals surface area (Å²) >= 11 is 0. The Hall–Kier alpha value is -2.14. The Bertz CT molecular complexity index is 573. The van der Waals surface area contributed by atoms with Crippen LogP contribution in [-0.2, 0) is 11.2 Å². The standard InChI is InChI=1S/C14H14N2O3/c17-12-8-16(9-12)14(18)7-11-6-13(19-15-11)10-4-2-1-3-5-10/h1-6,12,17H,7-9H2. The Labute approximate surface area is 110 Å². The first-order chi connectivity index (χ1) is 9.22. The first-order valence-corrected chi connectivity index (χ1v) is 6.19. The summed E-state index contributed by atoms with van der Waals surface area (Å²) in [5, 5.41) is 13.1. The van der Waals surface area contributed by atoms with Crippen LogP contribution in [0.5, 0.6) is 0 Å². The highest BCUT2D eigenvalue weighted by atomic mass is 16.5. The molecule has 1 aliphatic heterocycles. The van der Waals surface area contributed by atoms with Crippen LogP contribution in [0.1, 0.15) is 5.69 Å². The van der Waals surface area contributed by atoms with E-state index < -0.39 is 0 Å². The minimum Gasteiger partial charge on any atom is -0.389 e. The third-order valence-corrected chi connectivity index (χ3v) is 3.16. The van der Waals surface area contributed by atoms with Crippen molar-refractivity contribution in [3.05, 3.63) is 42.1 Å². The molecule has 1 aliphatic rings. The maximum absolute atomic E-state index is 11.8. The molecule has 0 aliphatic carbocycles. The lowest BCUT2D eigenvalue weighted by Gasteiger charge is -2.35. The van der Waals surface area contributed by atoms with E-state index in [1.54, 1.807) is 11.0 Å². The first-order valence-electron chi connectivity index (χ1n) is 6.19. The summed E-state index contributed by atoms with van der Waals surface area (Å²) < 4.78 is 5.23. The number of nitrogens with zero attached hydrogens (tertiary/aromatic N) is 2. The number of carbonyl (C=O) groups excluding carboxylic acids is 1. The molecule has 1 fully saturated rings. The zero-order chi connectivity index (χ0) is 13.2. The molecule has 2 aromatic rings. The van der Waals surface area contributed by atoms with Gasteiger partial charge in [0.25, 0.3) is 0 Å². The quantitative estimate of drug-likeness (QED) is 0.894. The smallest absolute Gasteiger partial charge is 0.228 e. The number of likely N-dealkylation sites (tertiary alicyclic amines) is 1. The Morgan fingerprint density at radius 2 is 2.11 bits per heavy atom. The van der Waals surface area contributed by atoms with Crippen LogP contribution in [0.2, 0.25) is 0 Å². The normalized spacial score (nSPS) is 15.3. The molecule has 19 heavy (non-hydrogen) atoms. The lowest BCUT2D eigenvalue weighted by Crippen LogP contribution is -2.53. The molecule has 0 atom stereocenters. The number of β-amino-alcohol motifs (C(OH)–C–C–N with tert-alkyl or cyclic N) is 1. The third-order valence-electron chi connectivity index (χ3n) is 3.16. The van der Waals surface area contributed by atoms with Gasteiger partial charge in [-0.1, -0.05) is 35.5 Å². The highest BCUT2D eigenvalue weighted by Gasteiger charge is 2.29. The lowest BCUT2D eigenvalue weighted by atomic mass is 10.1. The van der Waals surface area contributed by atoms with Gasteiger partial charge in [-0.25, -0.2) is 0 Å². The average molecular weight is 258 g/mol. The Balaban J connectivity index is 1.67. The van der Waals surface area contributed by atoms with E-state index in [0.29, 0.717) is 24.5 Å². The van der Waals surface area contributed by atoms with Crippen molar-refractivity contribution in [2.75, 3.05) is 13.1 Å². The summed E-state index contributed by atoms with van der Waals surface area (Å²) in [6.07, 6.45) is -0.163. The van der Waals surface area contributed by atoms with Crippen molar-refractivity contribution in [2.45, 2.75) is 12.5 Å². The van der Waals surface area contributed by atoms with Gasteiger partial charge in [0.15, 0.2) is 5.76 Å². The second kappa shape index (κ2) is 4.85. The van der Waals surface area contributed by atoms with Gasteiger partial charge in [0.05, 0.1) is 18.2 Å². The summed E-state index contributed by atoms with van der Waals surface area (Å²) in [6.45, 7) is 0.838. The van der Waals surface area contributed by atoms with Gasteiger partial charge in [-0.05, 0) is 0 Å². The van der Waals surface area contributed by atoms with Gasteiger partial charge in [0, 0.05) is 24.7 Å². The fraction of sp³-hybridized carbons (Fsp3) is 0.286. The fourth-order valence-corrected chi connectivity index (χ4v) is 2.06. The maximum atomic E-state index is 11.8. The SMILES string of the molecule is O=C(Cc1cc(-c2ccccc2)on1)N1CC(O)C1. The van der Waals surface area contributed by atoms with E-state index in [1.165, 1.54) is 0 Å². The van der Waals surface area contributed by atoms with E-state index in [4.69, 9.17) is 9.63 Å². The number of benzene rings is 1. The van der Waals surface area contributed by atoms with Gasteiger partial charge in [0.2, 0.25) is 5.91 Å². The van der Waals surface area contributed by atoms with Crippen LogP contribution in [0.3, 0.4) is 0 Å². The summed E-state index contributed by atoms with van der Waals surface area (Å²) in [4.78, 5) is 13.4. The van der Waals surface area contributed by atoms with Crippen LogP contribution in [0.15, 0.2) is 40.9 Å². The molecular weight excluding hydrogens is 244 g/mol. The van der Waals surface area contributed by atoms with E-state index in [-0.39, 0.29) is 18.4 Å². The first kappa shape index (κ1) is 11.9. The summed E-state index contributed by atoms with van der Waals surface area (Å²) in [5.74, 6) is 0.630. The van der Waals surface area contributed by atoms with Crippen molar-refractivity contribution in [1.82, 2.24) is 10.1 Å². The molecule has 0 radical (unpaired) electrons. The number of aliphatic hydroxyl groups is 1. The van der Waals surface area contributed by atoms with Gasteiger partial charge >= 0.3 is 0 Å². The lowest BCUT2D eigenvalue weighted by molar-refractivity contribution is -0.140. The molecule has 1 N–H and O–H groups in total. The van der Waals surface area contributed by atoms with Crippen LogP contribution < -0.4 is 0 Å². The molecule has 0 saturated carbocycles. The molecule has 0 spiro atoms. The molecular formula is C14H14N2O3. The minimum atomic E-state index is -0.374. The van der Waals surface area contributed by atoms with Crippen molar-refractivity contribution in [3.8, 4) is 11.3 Å². The zero-order valence-corrected chi connectivity index (χ0v) is 10.3. The van der Waals surface area contributed by atoms with Crippen LogP contribution in [0.4, 0.5) is 0 Å². The molecule has 5 nitrogen and oxygen atoms in total. The second-order valence-corrected chi connectivity index (χ2v) is 4.68. The fourth-order valence-electron chi connectivity index (χ4n) is 2.06. The average Bonchev–Trinajstić information content (AvgIpc) is 2.84. The number of aromatic nitrogens is 1. The zero-order valence-electron chi connectivity index (χ0n) is 10.3. The van der Waals surface area contributed by atoms with E-state index >= 15 is 0 Å². The summed E-state index contributed by atoms with van der Waals surface area (Å²) in [6, 6.07) is 11.4. The third kappa shape index (κ3) is 2.51. The molecule has 5 heteroatoms. The highest BCUT2D eigenvalue weighted by Crippen LogP contribution is 2.20. The molecule has 1 aromatic heterocycles. The van der Waals surface area contributed by atoms with Crippen molar-refractivity contribution in [2.24, 2.45) is 0 Å². The number of carbonyl (C=O) groups is 1. The van der Waals surface area contributed by atoms with E-state index in [9.17, 15) is 4.79 Å². The Kier molecular flexibility index (Phi) is 3.05. The Morgan fingerprint density at radius 3 is 2.79 bits per heavy atom. The minimum absolute atomic E-state index is 0.0294. The van der Waals surface area contributed by atoms with Crippen LogP contribution in [-0.4, -0.2) is 40.3 Å². The molecule has 2 heterocycles. The van der Waals surface area contributed by atoms with Crippen molar-refractivity contribution in [3.63, 3.8) is 0 Å². The van der Waals surface area contributed by atoms with Crippen LogP contribution in [0.25, 0.3) is 11.3 Å². The molecule has 1 aromatic carbocycles. The van der Waals surface area contributed by atoms with Gasteiger partial charge in [-0.15, -0.1) is 0 Å². The number of rotatable bonds is 3. The van der Waals surface area contributed by atoms with E-state index in [1.807, 2.05) is 30.3 Å². The summed E-state index contributed by atoms with van der Waals surface area (Å²) in [7, 11) is 0. The van der Waals surface area contributed by atoms with E-state index in [2.05, 4.69) is 5.16 Å². The largest absolute Gasteiger partial charge is 0.389 e. The monoisotopic (exact) mass is 258 g/mol. The van der Waals surface area contributed by atoms with Crippen molar-refractivity contribution in [1.29, 1.82) is 0 Å². The molecule has 3 rings (SSSR count). The number of amides is 1.